The Morgan fingerprint density at radius 1 is 1.40 bits per heavy atom. The molecule has 0 fully saturated rings. The number of rotatable bonds is 8. The first-order chi connectivity index (χ1) is 9.62. The summed E-state index contributed by atoms with van der Waals surface area (Å²) in [7, 11) is 1.65. The molecule has 0 saturated heterocycles. The highest BCUT2D eigenvalue weighted by atomic mass is 16.5. The van der Waals surface area contributed by atoms with Crippen LogP contribution in [0, 0.1) is 6.92 Å². The van der Waals surface area contributed by atoms with Crippen LogP contribution in [0.3, 0.4) is 0 Å². The number of hydrogen-bond acceptors (Lipinski definition) is 3. The van der Waals surface area contributed by atoms with Crippen molar-refractivity contribution in [1.82, 2.24) is 4.90 Å². The van der Waals surface area contributed by atoms with E-state index >= 15 is 0 Å². The quantitative estimate of drug-likeness (QED) is 0.686. The summed E-state index contributed by atoms with van der Waals surface area (Å²) in [6.07, 6.45) is 5.18. The molecule has 0 saturated carbocycles. The SMILES string of the molecule is CCC(CC)N(CCOC)C(=O)/C=C/c1ccc(C)o1. The highest BCUT2D eigenvalue weighted by Gasteiger charge is 2.18. The van der Waals surface area contributed by atoms with Crippen LogP contribution in [0.2, 0.25) is 0 Å². The number of furan rings is 1. The lowest BCUT2D eigenvalue weighted by Crippen LogP contribution is -2.40. The number of methoxy groups -OCH3 is 1. The van der Waals surface area contributed by atoms with E-state index in [1.807, 2.05) is 24.0 Å². The van der Waals surface area contributed by atoms with Crippen molar-refractivity contribution in [3.8, 4) is 0 Å². The standard InChI is InChI=1S/C16H25NO3/c1-5-14(6-2)17(11-12-19-4)16(18)10-9-15-8-7-13(3)20-15/h7-10,14H,5-6,11-12H2,1-4H3/b10-9+. The van der Waals surface area contributed by atoms with Gasteiger partial charge in [0.1, 0.15) is 11.5 Å². The van der Waals surface area contributed by atoms with Crippen molar-refractivity contribution >= 4 is 12.0 Å². The molecule has 1 aromatic rings. The maximum Gasteiger partial charge on any atom is 0.247 e. The number of carbonyl (C=O) groups excluding carboxylic acids is 1. The van der Waals surface area contributed by atoms with Gasteiger partial charge in [0.2, 0.25) is 5.91 Å². The Morgan fingerprint density at radius 2 is 2.10 bits per heavy atom. The first-order valence-electron chi connectivity index (χ1n) is 7.16. The summed E-state index contributed by atoms with van der Waals surface area (Å²) in [5.74, 6) is 1.55. The summed E-state index contributed by atoms with van der Waals surface area (Å²) in [6.45, 7) is 7.25. The highest BCUT2D eigenvalue weighted by molar-refractivity contribution is 5.91. The van der Waals surface area contributed by atoms with Crippen molar-refractivity contribution < 1.29 is 13.9 Å². The fourth-order valence-corrected chi connectivity index (χ4v) is 2.18. The summed E-state index contributed by atoms with van der Waals surface area (Å²) < 4.78 is 10.5. The molecule has 1 aromatic heterocycles. The van der Waals surface area contributed by atoms with Gasteiger partial charge in [0.15, 0.2) is 0 Å². The van der Waals surface area contributed by atoms with E-state index in [0.29, 0.717) is 18.9 Å². The van der Waals surface area contributed by atoms with Crippen molar-refractivity contribution in [3.05, 3.63) is 29.7 Å². The van der Waals surface area contributed by atoms with Crippen molar-refractivity contribution in [2.45, 2.75) is 39.7 Å². The molecular weight excluding hydrogens is 254 g/mol. The van der Waals surface area contributed by atoms with Crippen LogP contribution in [0.4, 0.5) is 0 Å². The second-order valence-electron chi connectivity index (χ2n) is 4.78. The number of ether oxygens (including phenoxy) is 1. The minimum Gasteiger partial charge on any atom is -0.462 e. The van der Waals surface area contributed by atoms with E-state index in [-0.39, 0.29) is 11.9 Å². The van der Waals surface area contributed by atoms with E-state index in [1.54, 1.807) is 19.3 Å². The third-order valence-corrected chi connectivity index (χ3v) is 3.35. The summed E-state index contributed by atoms with van der Waals surface area (Å²) in [6, 6.07) is 3.99. The van der Waals surface area contributed by atoms with E-state index in [2.05, 4.69) is 13.8 Å². The Morgan fingerprint density at radius 3 is 2.60 bits per heavy atom. The van der Waals surface area contributed by atoms with Gasteiger partial charge >= 0.3 is 0 Å². The van der Waals surface area contributed by atoms with Crippen LogP contribution in [0.5, 0.6) is 0 Å². The van der Waals surface area contributed by atoms with E-state index < -0.39 is 0 Å². The Labute approximate surface area is 121 Å². The molecule has 20 heavy (non-hydrogen) atoms. The van der Waals surface area contributed by atoms with Crippen LogP contribution in [-0.2, 0) is 9.53 Å². The van der Waals surface area contributed by atoms with Gasteiger partial charge in [-0.05, 0) is 38.0 Å². The van der Waals surface area contributed by atoms with Crippen molar-refractivity contribution in [2.24, 2.45) is 0 Å². The second-order valence-corrected chi connectivity index (χ2v) is 4.78. The number of nitrogens with zero attached hydrogens (tertiary/aromatic N) is 1. The monoisotopic (exact) mass is 279 g/mol. The lowest BCUT2D eigenvalue weighted by molar-refractivity contribution is -0.129. The molecule has 0 spiro atoms. The predicted molar refractivity (Wildman–Crippen MR) is 80.4 cm³/mol. The van der Waals surface area contributed by atoms with Crippen molar-refractivity contribution in [1.29, 1.82) is 0 Å². The number of aryl methyl sites for hydroxylation is 1. The molecular formula is C16H25NO3. The van der Waals surface area contributed by atoms with Gasteiger partial charge in [-0.2, -0.15) is 0 Å². The average Bonchev–Trinajstić information content (AvgIpc) is 2.86. The van der Waals surface area contributed by atoms with E-state index in [4.69, 9.17) is 9.15 Å². The maximum absolute atomic E-state index is 12.3. The fourth-order valence-electron chi connectivity index (χ4n) is 2.18. The molecule has 1 amide bonds. The van der Waals surface area contributed by atoms with Gasteiger partial charge in [-0.1, -0.05) is 13.8 Å². The molecule has 4 nitrogen and oxygen atoms in total. The van der Waals surface area contributed by atoms with Crippen LogP contribution < -0.4 is 0 Å². The zero-order chi connectivity index (χ0) is 15.0. The molecule has 4 heteroatoms. The van der Waals surface area contributed by atoms with E-state index in [0.717, 1.165) is 18.6 Å². The molecule has 1 heterocycles. The van der Waals surface area contributed by atoms with E-state index in [9.17, 15) is 4.79 Å². The molecule has 0 aliphatic heterocycles. The Hall–Kier alpha value is -1.55. The number of hydrogen-bond donors (Lipinski definition) is 0. The van der Waals surface area contributed by atoms with Crippen LogP contribution in [0.25, 0.3) is 6.08 Å². The van der Waals surface area contributed by atoms with Gasteiger partial charge in [-0.15, -0.1) is 0 Å². The van der Waals surface area contributed by atoms with Crippen LogP contribution in [0.15, 0.2) is 22.6 Å². The second kappa shape index (κ2) is 8.59. The van der Waals surface area contributed by atoms with Crippen LogP contribution in [0.1, 0.15) is 38.2 Å². The largest absolute Gasteiger partial charge is 0.462 e. The summed E-state index contributed by atoms with van der Waals surface area (Å²) in [5.41, 5.74) is 0. The van der Waals surface area contributed by atoms with Gasteiger partial charge in [0.25, 0.3) is 0 Å². The van der Waals surface area contributed by atoms with Gasteiger partial charge in [0.05, 0.1) is 6.61 Å². The Bertz CT molecular complexity index is 433. The molecule has 0 aliphatic rings. The maximum atomic E-state index is 12.3. The average molecular weight is 279 g/mol. The number of amides is 1. The first kappa shape index (κ1) is 16.5. The predicted octanol–water partition coefficient (Wildman–Crippen LogP) is 3.26. The van der Waals surface area contributed by atoms with Crippen molar-refractivity contribution in [3.63, 3.8) is 0 Å². The topological polar surface area (TPSA) is 42.7 Å². The molecule has 0 radical (unpaired) electrons. The zero-order valence-corrected chi connectivity index (χ0v) is 12.9. The summed E-state index contributed by atoms with van der Waals surface area (Å²) >= 11 is 0. The zero-order valence-electron chi connectivity index (χ0n) is 12.9. The summed E-state index contributed by atoms with van der Waals surface area (Å²) in [5, 5.41) is 0. The Kier molecular flexibility index (Phi) is 7.09. The first-order valence-corrected chi connectivity index (χ1v) is 7.16. The molecule has 0 aromatic carbocycles. The fraction of sp³-hybridized carbons (Fsp3) is 0.562. The molecule has 1 rings (SSSR count). The van der Waals surface area contributed by atoms with Crippen LogP contribution >= 0.6 is 0 Å². The number of carbonyl (C=O) groups is 1. The normalized spacial score (nSPS) is 11.4. The molecule has 0 atom stereocenters. The van der Waals surface area contributed by atoms with Gasteiger partial charge in [0, 0.05) is 25.8 Å². The molecule has 0 aliphatic carbocycles. The van der Waals surface area contributed by atoms with Crippen LogP contribution in [-0.4, -0.2) is 37.1 Å². The lowest BCUT2D eigenvalue weighted by Gasteiger charge is -2.29. The van der Waals surface area contributed by atoms with Gasteiger partial charge in [-0.25, -0.2) is 0 Å². The van der Waals surface area contributed by atoms with E-state index in [1.165, 1.54) is 0 Å². The molecule has 112 valence electrons. The summed E-state index contributed by atoms with van der Waals surface area (Å²) in [4.78, 5) is 14.2. The van der Waals surface area contributed by atoms with Gasteiger partial charge < -0.3 is 14.1 Å². The third kappa shape index (κ3) is 4.85. The smallest absolute Gasteiger partial charge is 0.247 e. The highest BCUT2D eigenvalue weighted by Crippen LogP contribution is 2.12. The van der Waals surface area contributed by atoms with Crippen molar-refractivity contribution in [2.75, 3.05) is 20.3 Å². The molecule has 0 N–H and O–H groups in total. The minimum absolute atomic E-state index is 0.00445. The lowest BCUT2D eigenvalue weighted by atomic mass is 10.1. The molecule has 0 unspecified atom stereocenters. The molecule has 0 bridgehead atoms. The minimum atomic E-state index is 0.00445. The third-order valence-electron chi connectivity index (χ3n) is 3.35. The Balaban J connectivity index is 2.73. The van der Waals surface area contributed by atoms with Gasteiger partial charge in [-0.3, -0.25) is 4.79 Å².